The molecule has 0 aliphatic carbocycles. The lowest BCUT2D eigenvalue weighted by Gasteiger charge is -2.37. The molecule has 0 atom stereocenters. The summed E-state index contributed by atoms with van der Waals surface area (Å²) in [4.78, 5) is 13.7. The van der Waals surface area contributed by atoms with Crippen molar-refractivity contribution in [3.8, 4) is 11.3 Å². The molecule has 6 heteroatoms. The van der Waals surface area contributed by atoms with E-state index >= 15 is 0 Å². The zero-order valence-corrected chi connectivity index (χ0v) is 17.6. The molecule has 1 N–H and O–H groups in total. The van der Waals surface area contributed by atoms with Gasteiger partial charge in [0.2, 0.25) is 0 Å². The molecule has 0 amide bonds. The van der Waals surface area contributed by atoms with Crippen LogP contribution in [0.5, 0.6) is 0 Å². The molecule has 3 aromatic heterocycles. The van der Waals surface area contributed by atoms with Gasteiger partial charge in [0.25, 0.3) is 0 Å². The fraction of sp³-hybridized carbons (Fsp3) is 0.280. The minimum absolute atomic E-state index is 0.212. The van der Waals surface area contributed by atoms with Crippen molar-refractivity contribution in [1.82, 2.24) is 14.5 Å². The second-order valence-electron chi connectivity index (χ2n) is 7.91. The van der Waals surface area contributed by atoms with Crippen molar-refractivity contribution in [2.45, 2.75) is 13.0 Å². The van der Waals surface area contributed by atoms with E-state index in [0.717, 1.165) is 50.4 Å². The molecule has 1 aliphatic heterocycles. The van der Waals surface area contributed by atoms with Crippen LogP contribution < -0.4 is 9.80 Å². The van der Waals surface area contributed by atoms with Crippen LogP contribution >= 0.6 is 0 Å². The number of rotatable bonds is 6. The number of pyridine rings is 2. The van der Waals surface area contributed by atoms with E-state index in [4.69, 9.17) is 10.1 Å². The highest BCUT2D eigenvalue weighted by Crippen LogP contribution is 2.32. The number of nitrogens with zero attached hydrogens (tertiary/aromatic N) is 5. The van der Waals surface area contributed by atoms with Crippen LogP contribution in [-0.2, 0) is 6.54 Å². The third kappa shape index (κ3) is 3.99. The predicted molar refractivity (Wildman–Crippen MR) is 126 cm³/mol. The standard InChI is InChI=1S/C25H27N5O/c31-18-2-12-29-13-8-20-19-21(4-5-23(20)29)25-24(3-1-9-27-25)30-16-14-28(15-17-30)22-6-10-26-11-7-22/h1,3-11,13,19,31H,2,12,14-18H2. The number of hydrogen-bond acceptors (Lipinski definition) is 5. The number of piperazine rings is 1. The monoisotopic (exact) mass is 413 g/mol. The highest BCUT2D eigenvalue weighted by atomic mass is 16.3. The van der Waals surface area contributed by atoms with Gasteiger partial charge in [-0.25, -0.2) is 0 Å². The summed E-state index contributed by atoms with van der Waals surface area (Å²) < 4.78 is 2.20. The van der Waals surface area contributed by atoms with Crippen molar-refractivity contribution >= 4 is 22.3 Å². The summed E-state index contributed by atoms with van der Waals surface area (Å²) in [7, 11) is 0. The fourth-order valence-electron chi connectivity index (χ4n) is 4.42. The van der Waals surface area contributed by atoms with E-state index in [2.05, 4.69) is 68.0 Å². The maximum absolute atomic E-state index is 9.13. The van der Waals surface area contributed by atoms with Crippen LogP contribution in [0.25, 0.3) is 22.2 Å². The Morgan fingerprint density at radius 2 is 1.68 bits per heavy atom. The molecule has 0 spiro atoms. The smallest absolute Gasteiger partial charge is 0.0935 e. The number of fused-ring (bicyclic) bond motifs is 1. The molecule has 31 heavy (non-hydrogen) atoms. The Bertz CT molecular complexity index is 1150. The first-order valence-corrected chi connectivity index (χ1v) is 10.9. The molecule has 1 aliphatic rings. The molecule has 6 nitrogen and oxygen atoms in total. The van der Waals surface area contributed by atoms with Crippen LogP contribution in [-0.4, -0.2) is 52.4 Å². The van der Waals surface area contributed by atoms with Crippen LogP contribution in [0.15, 0.2) is 73.3 Å². The molecular formula is C25H27N5O. The fourth-order valence-corrected chi connectivity index (χ4v) is 4.42. The van der Waals surface area contributed by atoms with Crippen LogP contribution in [0.4, 0.5) is 11.4 Å². The topological polar surface area (TPSA) is 57.4 Å². The van der Waals surface area contributed by atoms with Crippen LogP contribution in [0, 0.1) is 0 Å². The van der Waals surface area contributed by atoms with Gasteiger partial charge in [0, 0.05) is 86.3 Å². The summed E-state index contributed by atoms with van der Waals surface area (Å²) in [6, 6.07) is 17.1. The Hall–Kier alpha value is -3.38. The van der Waals surface area contributed by atoms with E-state index in [1.165, 1.54) is 22.3 Å². The summed E-state index contributed by atoms with van der Waals surface area (Å²) in [5, 5.41) is 10.3. The van der Waals surface area contributed by atoms with Crippen molar-refractivity contribution in [1.29, 1.82) is 0 Å². The maximum atomic E-state index is 9.13. The zero-order chi connectivity index (χ0) is 21.0. The van der Waals surface area contributed by atoms with Gasteiger partial charge in [-0.1, -0.05) is 6.07 Å². The van der Waals surface area contributed by atoms with Gasteiger partial charge in [0.15, 0.2) is 0 Å². The van der Waals surface area contributed by atoms with Crippen LogP contribution in [0.2, 0.25) is 0 Å². The van der Waals surface area contributed by atoms with E-state index in [9.17, 15) is 0 Å². The molecule has 0 unspecified atom stereocenters. The number of benzene rings is 1. The first-order valence-electron chi connectivity index (χ1n) is 10.9. The average molecular weight is 414 g/mol. The lowest BCUT2D eigenvalue weighted by molar-refractivity contribution is 0.280. The summed E-state index contributed by atoms with van der Waals surface area (Å²) in [5.41, 5.74) is 5.79. The van der Waals surface area contributed by atoms with Gasteiger partial charge in [-0.3, -0.25) is 9.97 Å². The van der Waals surface area contributed by atoms with Crippen LogP contribution in [0.3, 0.4) is 0 Å². The number of hydrogen-bond donors (Lipinski definition) is 1. The second kappa shape index (κ2) is 8.78. The normalized spacial score (nSPS) is 14.4. The van der Waals surface area contributed by atoms with Crippen molar-refractivity contribution in [2.24, 2.45) is 0 Å². The van der Waals surface area contributed by atoms with Gasteiger partial charge in [0.1, 0.15) is 0 Å². The van der Waals surface area contributed by atoms with Crippen molar-refractivity contribution < 1.29 is 5.11 Å². The van der Waals surface area contributed by atoms with Gasteiger partial charge < -0.3 is 19.5 Å². The Labute approximate surface area is 182 Å². The number of aryl methyl sites for hydroxylation is 1. The van der Waals surface area contributed by atoms with E-state index in [1.54, 1.807) is 0 Å². The number of aliphatic hydroxyl groups excluding tert-OH is 1. The minimum Gasteiger partial charge on any atom is -0.396 e. The molecule has 0 saturated carbocycles. The summed E-state index contributed by atoms with van der Waals surface area (Å²) in [6.07, 6.45) is 8.45. The first kappa shape index (κ1) is 19.6. The summed E-state index contributed by atoms with van der Waals surface area (Å²) in [6.45, 7) is 4.91. The summed E-state index contributed by atoms with van der Waals surface area (Å²) >= 11 is 0. The third-order valence-corrected chi connectivity index (χ3v) is 6.04. The predicted octanol–water partition coefficient (Wildman–Crippen LogP) is 3.81. The number of aliphatic hydroxyl groups is 1. The van der Waals surface area contributed by atoms with E-state index in [0.29, 0.717) is 0 Å². The van der Waals surface area contributed by atoms with E-state index in [-0.39, 0.29) is 6.61 Å². The molecule has 158 valence electrons. The first-order chi connectivity index (χ1) is 15.3. The lowest BCUT2D eigenvalue weighted by Crippen LogP contribution is -2.46. The highest BCUT2D eigenvalue weighted by Gasteiger charge is 2.20. The SMILES string of the molecule is OCCCn1ccc2cc(-c3ncccc3N3CCN(c4ccncc4)CC3)ccc21. The van der Waals surface area contributed by atoms with E-state index in [1.807, 2.05) is 24.7 Å². The molecule has 0 radical (unpaired) electrons. The Morgan fingerprint density at radius 1 is 0.871 bits per heavy atom. The quantitative estimate of drug-likeness (QED) is 0.521. The number of anilines is 2. The Morgan fingerprint density at radius 3 is 2.48 bits per heavy atom. The zero-order valence-electron chi connectivity index (χ0n) is 17.6. The largest absolute Gasteiger partial charge is 0.396 e. The average Bonchev–Trinajstić information content (AvgIpc) is 3.25. The minimum atomic E-state index is 0.212. The van der Waals surface area contributed by atoms with Gasteiger partial charge in [-0.05, 0) is 48.9 Å². The van der Waals surface area contributed by atoms with Gasteiger partial charge >= 0.3 is 0 Å². The van der Waals surface area contributed by atoms with Gasteiger partial charge in [0.05, 0.1) is 11.4 Å². The number of aromatic nitrogens is 3. The third-order valence-electron chi connectivity index (χ3n) is 6.04. The van der Waals surface area contributed by atoms with Gasteiger partial charge in [-0.2, -0.15) is 0 Å². The maximum Gasteiger partial charge on any atom is 0.0935 e. The highest BCUT2D eigenvalue weighted by molar-refractivity contribution is 5.87. The van der Waals surface area contributed by atoms with Gasteiger partial charge in [-0.15, -0.1) is 0 Å². The van der Waals surface area contributed by atoms with Crippen molar-refractivity contribution in [3.05, 3.63) is 73.3 Å². The molecule has 1 aromatic carbocycles. The second-order valence-corrected chi connectivity index (χ2v) is 7.91. The molecule has 1 saturated heterocycles. The molecule has 4 heterocycles. The van der Waals surface area contributed by atoms with Crippen LogP contribution in [0.1, 0.15) is 6.42 Å². The molecule has 0 bridgehead atoms. The van der Waals surface area contributed by atoms with Crippen molar-refractivity contribution in [2.75, 3.05) is 42.6 Å². The Balaban J connectivity index is 1.38. The Kier molecular flexibility index (Phi) is 5.54. The van der Waals surface area contributed by atoms with Crippen molar-refractivity contribution in [3.63, 3.8) is 0 Å². The lowest BCUT2D eigenvalue weighted by atomic mass is 10.1. The molecular weight excluding hydrogens is 386 g/mol. The van der Waals surface area contributed by atoms with E-state index < -0.39 is 0 Å². The molecule has 1 fully saturated rings. The summed E-state index contributed by atoms with van der Waals surface area (Å²) in [5.74, 6) is 0. The molecule has 4 aromatic rings. The molecule has 5 rings (SSSR count).